The summed E-state index contributed by atoms with van der Waals surface area (Å²) in [5, 5.41) is 0. The fourth-order valence-corrected chi connectivity index (χ4v) is 4.01. The van der Waals surface area contributed by atoms with Crippen LogP contribution in [-0.4, -0.2) is 15.0 Å². The van der Waals surface area contributed by atoms with Crippen molar-refractivity contribution in [3.63, 3.8) is 0 Å². The monoisotopic (exact) mass is 314 g/mol. The molecule has 4 nitrogen and oxygen atoms in total. The average Bonchev–Trinajstić information content (AvgIpc) is 2.48. The van der Waals surface area contributed by atoms with Gasteiger partial charge >= 0.3 is 0 Å². The first-order valence-electron chi connectivity index (χ1n) is 7.51. The molecule has 2 rings (SSSR count). The van der Waals surface area contributed by atoms with Gasteiger partial charge in [-0.2, -0.15) is 0 Å². The Balaban J connectivity index is 1.97. The molecule has 0 aromatic heterocycles. The summed E-state index contributed by atoms with van der Waals surface area (Å²) in [6, 6.07) is 3.95. The molecule has 1 aromatic carbocycles. The topological polar surface area (TPSA) is 72.2 Å². The summed E-state index contributed by atoms with van der Waals surface area (Å²) in [7, 11) is -3.80. The van der Waals surface area contributed by atoms with E-state index >= 15 is 0 Å². The lowest BCUT2D eigenvalue weighted by Crippen LogP contribution is -2.27. The van der Waals surface area contributed by atoms with Crippen molar-refractivity contribution >= 4 is 10.0 Å². The molecule has 1 aromatic rings. The Kier molecular flexibility index (Phi) is 5.72. The summed E-state index contributed by atoms with van der Waals surface area (Å²) in [5.74, 6) is -0.154. The predicted molar refractivity (Wildman–Crippen MR) is 80.7 cm³/mol. The summed E-state index contributed by atoms with van der Waals surface area (Å²) in [5.41, 5.74) is 6.07. The highest BCUT2D eigenvalue weighted by molar-refractivity contribution is 7.89. The third-order valence-corrected chi connectivity index (χ3v) is 5.57. The number of hydrogen-bond acceptors (Lipinski definition) is 3. The number of hydrogen-bond donors (Lipinski definition) is 2. The van der Waals surface area contributed by atoms with Gasteiger partial charge in [0.2, 0.25) is 10.0 Å². The molecule has 1 fully saturated rings. The summed E-state index contributed by atoms with van der Waals surface area (Å²) in [6.07, 6.45) is 6.88. The number of nitrogens with two attached hydrogens (primary N) is 1. The Morgan fingerprint density at radius 3 is 2.62 bits per heavy atom. The minimum absolute atomic E-state index is 0.185. The van der Waals surface area contributed by atoms with Crippen molar-refractivity contribution in [2.45, 2.75) is 50.0 Å². The number of halogens is 1. The van der Waals surface area contributed by atoms with Gasteiger partial charge in [-0.15, -0.1) is 0 Å². The largest absolute Gasteiger partial charge is 0.326 e. The van der Waals surface area contributed by atoms with E-state index in [4.69, 9.17) is 5.73 Å². The predicted octanol–water partition coefficient (Wildman–Crippen LogP) is 2.53. The van der Waals surface area contributed by atoms with Crippen molar-refractivity contribution < 1.29 is 12.8 Å². The van der Waals surface area contributed by atoms with E-state index in [9.17, 15) is 12.8 Å². The van der Waals surface area contributed by atoms with Crippen molar-refractivity contribution in [1.82, 2.24) is 4.72 Å². The van der Waals surface area contributed by atoms with Crippen LogP contribution in [0.1, 0.15) is 44.1 Å². The third kappa shape index (κ3) is 4.49. The second-order valence-electron chi connectivity index (χ2n) is 5.66. The van der Waals surface area contributed by atoms with Gasteiger partial charge in [-0.25, -0.2) is 17.5 Å². The lowest BCUT2D eigenvalue weighted by molar-refractivity contribution is 0.339. The van der Waals surface area contributed by atoms with E-state index in [-0.39, 0.29) is 11.4 Å². The lowest BCUT2D eigenvalue weighted by atomic mass is 9.87. The van der Waals surface area contributed by atoms with Gasteiger partial charge in [-0.3, -0.25) is 0 Å². The minimum Gasteiger partial charge on any atom is -0.326 e. The normalized spacial score (nSPS) is 17.0. The smallest absolute Gasteiger partial charge is 0.243 e. The third-order valence-electron chi connectivity index (χ3n) is 4.09. The number of benzene rings is 1. The van der Waals surface area contributed by atoms with Crippen LogP contribution in [0, 0.1) is 11.7 Å². The molecule has 0 heterocycles. The zero-order valence-corrected chi connectivity index (χ0v) is 13.0. The van der Waals surface area contributed by atoms with Gasteiger partial charge in [-0.05, 0) is 30.0 Å². The van der Waals surface area contributed by atoms with Crippen molar-refractivity contribution in [2.75, 3.05) is 6.54 Å². The first-order valence-corrected chi connectivity index (χ1v) is 8.99. The Labute approximate surface area is 126 Å². The average molecular weight is 314 g/mol. The highest BCUT2D eigenvalue weighted by Gasteiger charge is 2.20. The van der Waals surface area contributed by atoms with E-state index in [1.54, 1.807) is 0 Å². The highest BCUT2D eigenvalue weighted by Crippen LogP contribution is 2.26. The Morgan fingerprint density at radius 1 is 1.24 bits per heavy atom. The Morgan fingerprint density at radius 2 is 1.95 bits per heavy atom. The molecule has 1 aliphatic rings. The van der Waals surface area contributed by atoms with Crippen LogP contribution in [0.4, 0.5) is 4.39 Å². The SMILES string of the molecule is NCc1ccc(F)c(S(=O)(=O)NCCC2CCCCC2)c1. The molecule has 1 saturated carbocycles. The molecule has 0 unspecified atom stereocenters. The zero-order valence-electron chi connectivity index (χ0n) is 12.1. The standard InChI is InChI=1S/C15H23FN2O2S/c16-14-7-6-13(11-17)10-15(14)21(19,20)18-9-8-12-4-2-1-3-5-12/h6-7,10,12,18H,1-5,8-9,11,17H2. The van der Waals surface area contributed by atoms with Gasteiger partial charge in [0.25, 0.3) is 0 Å². The van der Waals surface area contributed by atoms with Gasteiger partial charge in [0.15, 0.2) is 0 Å². The lowest BCUT2D eigenvalue weighted by Gasteiger charge is -2.21. The molecule has 21 heavy (non-hydrogen) atoms. The maximum absolute atomic E-state index is 13.7. The molecular weight excluding hydrogens is 291 g/mol. The number of nitrogens with one attached hydrogen (secondary N) is 1. The Bertz CT molecular complexity index is 569. The first-order chi connectivity index (χ1) is 10.0. The van der Waals surface area contributed by atoms with Crippen LogP contribution < -0.4 is 10.5 Å². The van der Waals surface area contributed by atoms with E-state index in [1.165, 1.54) is 44.2 Å². The van der Waals surface area contributed by atoms with E-state index in [0.717, 1.165) is 12.5 Å². The Hall–Kier alpha value is -0.980. The number of sulfonamides is 1. The van der Waals surface area contributed by atoms with E-state index in [0.29, 0.717) is 18.0 Å². The van der Waals surface area contributed by atoms with E-state index < -0.39 is 15.8 Å². The van der Waals surface area contributed by atoms with Crippen LogP contribution in [0.15, 0.2) is 23.1 Å². The molecule has 118 valence electrons. The summed E-state index contributed by atoms with van der Waals surface area (Å²) < 4.78 is 40.6. The van der Waals surface area contributed by atoms with Gasteiger partial charge in [0, 0.05) is 13.1 Å². The van der Waals surface area contributed by atoms with Crippen LogP contribution in [0.3, 0.4) is 0 Å². The fraction of sp³-hybridized carbons (Fsp3) is 0.600. The van der Waals surface area contributed by atoms with Crippen LogP contribution in [0.5, 0.6) is 0 Å². The summed E-state index contributed by atoms with van der Waals surface area (Å²) in [4.78, 5) is -0.311. The molecular formula is C15H23FN2O2S. The molecule has 0 atom stereocenters. The van der Waals surface area contributed by atoms with Crippen molar-refractivity contribution in [2.24, 2.45) is 11.7 Å². The second-order valence-corrected chi connectivity index (χ2v) is 7.39. The van der Waals surface area contributed by atoms with Crippen molar-refractivity contribution in [3.05, 3.63) is 29.6 Å². The molecule has 0 aliphatic heterocycles. The van der Waals surface area contributed by atoms with Crippen LogP contribution in [-0.2, 0) is 16.6 Å². The molecule has 0 saturated heterocycles. The van der Waals surface area contributed by atoms with E-state index in [2.05, 4.69) is 4.72 Å². The van der Waals surface area contributed by atoms with Crippen LogP contribution in [0.25, 0.3) is 0 Å². The zero-order chi connectivity index (χ0) is 15.3. The molecule has 0 spiro atoms. The fourth-order valence-electron chi connectivity index (χ4n) is 2.83. The van der Waals surface area contributed by atoms with Gasteiger partial charge in [0.1, 0.15) is 10.7 Å². The maximum Gasteiger partial charge on any atom is 0.243 e. The first kappa shape index (κ1) is 16.4. The molecule has 0 amide bonds. The summed E-state index contributed by atoms with van der Waals surface area (Å²) >= 11 is 0. The molecule has 1 aliphatic carbocycles. The second kappa shape index (κ2) is 7.33. The highest BCUT2D eigenvalue weighted by atomic mass is 32.2. The van der Waals surface area contributed by atoms with Crippen LogP contribution >= 0.6 is 0 Å². The van der Waals surface area contributed by atoms with Gasteiger partial charge < -0.3 is 5.73 Å². The van der Waals surface area contributed by atoms with Crippen molar-refractivity contribution in [3.8, 4) is 0 Å². The quantitative estimate of drug-likeness (QED) is 0.847. The maximum atomic E-state index is 13.7. The number of rotatable bonds is 6. The minimum atomic E-state index is -3.80. The molecule has 0 bridgehead atoms. The molecule has 3 N–H and O–H groups in total. The molecule has 0 radical (unpaired) electrons. The molecule has 6 heteroatoms. The van der Waals surface area contributed by atoms with Crippen LogP contribution in [0.2, 0.25) is 0 Å². The van der Waals surface area contributed by atoms with Gasteiger partial charge in [-0.1, -0.05) is 38.2 Å². The van der Waals surface area contributed by atoms with Crippen molar-refractivity contribution in [1.29, 1.82) is 0 Å². The summed E-state index contributed by atoms with van der Waals surface area (Å²) in [6.45, 7) is 0.546. The van der Waals surface area contributed by atoms with E-state index in [1.807, 2.05) is 0 Å². The van der Waals surface area contributed by atoms with Gasteiger partial charge in [0.05, 0.1) is 0 Å².